The Morgan fingerprint density at radius 3 is 1.50 bits per heavy atom. The highest BCUT2D eigenvalue weighted by Crippen LogP contribution is 2.34. The normalized spacial score (nSPS) is 13.3. The summed E-state index contributed by atoms with van der Waals surface area (Å²) in [4.78, 5) is 119. The molecule has 0 spiro atoms. The van der Waals surface area contributed by atoms with E-state index in [2.05, 4.69) is 117 Å². The Morgan fingerprint density at radius 2 is 0.944 bits per heavy atom. The van der Waals surface area contributed by atoms with E-state index >= 15 is 0 Å². The number of hydrogen-bond acceptors (Lipinski definition) is 31. The quantitative estimate of drug-likeness (QED) is 0.0388. The number of nitrogens with one attached hydrogen (secondary N) is 4. The molecule has 2 aliphatic heterocycles. The predicted molar refractivity (Wildman–Crippen MR) is 490 cm³/mol. The van der Waals surface area contributed by atoms with Gasteiger partial charge in [0, 0.05) is 124 Å². The third kappa shape index (κ3) is 27.5. The SMILES string of the molecule is COc1ccc(N)cn1.COc1ccc(NC=C2C(=O)OC(C)(C)OC2=O)cn1.COc1ccc2[nH]cc(Br)c(=O)c2n1.COc1ccc2[nH]ccc(=O)c2n1.COc1ccc2ncc(Br)c(Cl)c2n1.[2H]B1OC(C)(C)C(C)(C)O1.[2H]c1cnc2ccc(=O)[nH]c2c1.[2H]c1cnc2ccc(C)nc2c1.[2H]c1cnc2ccc(OC)nc2c1.[2H]c1cnc2ccc(OC)nc2c1Cl. The number of aromatic amines is 3. The lowest BCUT2D eigenvalue weighted by molar-refractivity contribution is -0.222. The minimum absolute atomic E-state index is 0.104. The Kier molecular flexibility index (Phi) is 32.2. The third-order valence-corrected chi connectivity index (χ3v) is 19.3. The number of carbonyl (C=O) groups is 2. The van der Waals surface area contributed by atoms with Crippen molar-refractivity contribution in [3.8, 4) is 41.2 Å². The van der Waals surface area contributed by atoms with E-state index in [-0.39, 0.29) is 39.2 Å². The second-order valence-electron chi connectivity index (χ2n) is 26.8. The summed E-state index contributed by atoms with van der Waals surface area (Å²) in [5, 5.41) is 3.62. The van der Waals surface area contributed by atoms with Crippen LogP contribution in [0, 0.1) is 6.92 Å². The molecule has 2 aliphatic rings. The Morgan fingerprint density at radius 1 is 0.468 bits per heavy atom. The molecule has 0 atom stereocenters. The monoisotopic (exact) mass is 1880 g/mol. The van der Waals surface area contributed by atoms with Gasteiger partial charge in [-0.1, -0.05) is 23.2 Å². The molecule has 18 heterocycles. The van der Waals surface area contributed by atoms with Crippen LogP contribution in [-0.4, -0.2) is 167 Å². The minimum atomic E-state index is -1.24. The Balaban J connectivity index is 0.000000165. The molecule has 0 radical (unpaired) electrons. The van der Waals surface area contributed by atoms with Crippen LogP contribution in [0.2, 0.25) is 10.0 Å². The molecule has 0 bridgehead atoms. The van der Waals surface area contributed by atoms with Gasteiger partial charge < -0.3 is 77.9 Å². The Bertz CT molecular complexity index is 6770. The molecule has 2 saturated heterocycles. The van der Waals surface area contributed by atoms with Crippen LogP contribution >= 0.6 is 55.1 Å². The van der Waals surface area contributed by atoms with Crippen LogP contribution in [0.4, 0.5) is 11.4 Å². The van der Waals surface area contributed by atoms with E-state index in [0.717, 1.165) is 32.2 Å². The van der Waals surface area contributed by atoms with Gasteiger partial charge in [-0.25, -0.2) is 44.5 Å². The predicted octanol–water partition coefficient (Wildman–Crippen LogP) is 15.2. The number of ether oxygens (including phenoxy) is 9. The number of methoxy groups -OCH3 is 7. The molecule has 18 rings (SSSR count). The van der Waals surface area contributed by atoms with Crippen LogP contribution in [0.5, 0.6) is 41.2 Å². The smallest absolute Gasteiger partial charge is 0.439 e. The largest absolute Gasteiger partial charge is 0.481 e. The summed E-state index contributed by atoms with van der Waals surface area (Å²) in [6, 6.07) is 38.8. The molecular formula is C87H85BBr2Cl2N18O16. The Hall–Kier alpha value is -14.0. The molecule has 0 aromatic carbocycles. The first kappa shape index (κ1) is 88.3. The van der Waals surface area contributed by atoms with Crippen LogP contribution in [0.25, 0.3) is 77.2 Å². The zero-order valence-corrected chi connectivity index (χ0v) is 74.7. The van der Waals surface area contributed by atoms with Gasteiger partial charge in [-0.3, -0.25) is 44.3 Å². The van der Waals surface area contributed by atoms with Crippen molar-refractivity contribution >= 4 is 163 Å². The second-order valence-corrected chi connectivity index (χ2v) is 29.3. The van der Waals surface area contributed by atoms with Gasteiger partial charge >= 0.3 is 19.6 Å². The molecule has 0 aliphatic carbocycles. The van der Waals surface area contributed by atoms with Crippen molar-refractivity contribution < 1.29 is 67.0 Å². The van der Waals surface area contributed by atoms with E-state index in [9.17, 15) is 24.0 Å². The van der Waals surface area contributed by atoms with E-state index in [1.165, 1.54) is 91.6 Å². The van der Waals surface area contributed by atoms with E-state index in [1.54, 1.807) is 143 Å². The molecule has 2 fully saturated rings. The number of nitrogens with zero attached hydrogens (tertiary/aromatic N) is 13. The number of aromatic nitrogens is 16. The summed E-state index contributed by atoms with van der Waals surface area (Å²) < 4.78 is 92.6. The summed E-state index contributed by atoms with van der Waals surface area (Å²) in [5.41, 5.74) is 15.4. The molecule has 650 valence electrons. The maximum atomic E-state index is 11.7. The van der Waals surface area contributed by atoms with Crippen molar-refractivity contribution in [1.82, 2.24) is 79.7 Å². The molecule has 16 aromatic rings. The van der Waals surface area contributed by atoms with Crippen molar-refractivity contribution in [3.05, 3.63) is 281 Å². The molecule has 0 unspecified atom stereocenters. The summed E-state index contributed by atoms with van der Waals surface area (Å²) in [7, 11) is 9.95. The van der Waals surface area contributed by atoms with Gasteiger partial charge in [-0.15, -0.1) is 0 Å². The molecule has 16 aromatic heterocycles. The summed E-state index contributed by atoms with van der Waals surface area (Å²) in [6.45, 7) is 12.6. The van der Waals surface area contributed by atoms with Gasteiger partial charge in [-0.2, -0.15) is 0 Å². The van der Waals surface area contributed by atoms with Crippen LogP contribution in [-0.2, 0) is 28.4 Å². The molecular weight excluding hydrogens is 1790 g/mol. The zero-order valence-electron chi connectivity index (χ0n) is 75.0. The highest BCUT2D eigenvalue weighted by atomic mass is 79.9. The van der Waals surface area contributed by atoms with Gasteiger partial charge in [-0.05, 0) is 170 Å². The number of H-pyrrole nitrogens is 3. The van der Waals surface area contributed by atoms with Gasteiger partial charge in [0.05, 0.1) is 166 Å². The number of esters is 2. The number of hydrogen-bond donors (Lipinski definition) is 5. The van der Waals surface area contributed by atoms with E-state index in [4.69, 9.17) is 87.7 Å². The lowest BCUT2D eigenvalue weighted by Crippen LogP contribution is -2.42. The maximum Gasteiger partial charge on any atom is 0.439 e. The summed E-state index contributed by atoms with van der Waals surface area (Å²) in [6.07, 6.45) is 15.0. The number of anilines is 2. The average molecular weight is 1890 g/mol. The fraction of sp³-hybridized carbons (Fsp3) is 0.195. The topological polar surface area (TPSA) is 440 Å². The van der Waals surface area contributed by atoms with Crippen molar-refractivity contribution in [3.63, 3.8) is 0 Å². The van der Waals surface area contributed by atoms with E-state index < -0.39 is 25.4 Å². The number of aryl methyl sites for hydroxylation is 1. The first-order valence-electron chi connectivity index (χ1n) is 39.7. The highest BCUT2D eigenvalue weighted by Gasteiger charge is 2.44. The lowest BCUT2D eigenvalue weighted by atomic mass is 9.90. The highest BCUT2D eigenvalue weighted by molar-refractivity contribution is 9.10. The molecule has 126 heavy (non-hydrogen) atoms. The number of carbonyl (C=O) groups excluding carboxylic acids is 2. The third-order valence-electron chi connectivity index (χ3n) is 17.2. The van der Waals surface area contributed by atoms with Crippen LogP contribution < -0.4 is 60.6 Å². The molecule has 6 N–H and O–H groups in total. The van der Waals surface area contributed by atoms with E-state index in [1.807, 2.05) is 58.9 Å². The van der Waals surface area contributed by atoms with Gasteiger partial charge in [0.1, 0.15) is 22.1 Å². The number of cyclic esters (lactones) is 2. The first-order chi connectivity index (χ1) is 62.4. The van der Waals surface area contributed by atoms with Gasteiger partial charge in [0.25, 0.3) is 5.79 Å². The molecule has 0 saturated carbocycles. The number of fused-ring (bicyclic) bond motifs is 7. The first-order valence-corrected chi connectivity index (χ1v) is 39.5. The van der Waals surface area contributed by atoms with E-state index in [0.29, 0.717) is 140 Å². The van der Waals surface area contributed by atoms with Gasteiger partial charge in [0.15, 0.2) is 5.57 Å². The number of rotatable bonds is 9. The lowest BCUT2D eigenvalue weighted by Gasteiger charge is -2.32. The fourth-order valence-corrected chi connectivity index (χ4v) is 11.0. The van der Waals surface area contributed by atoms with Crippen molar-refractivity contribution in [2.45, 2.75) is 65.5 Å². The molecule has 39 heteroatoms. The number of nitrogen functional groups attached to an aromatic ring is 1. The fourth-order valence-electron chi connectivity index (χ4n) is 9.98. The standard InChI is InChI=1S/C13H14N2O5.C9H6BrClN2O.C9H7BrN2O2.C9H7ClN2O.C9H8N2O2.C9H8N2O.C9H8N2.C8H6N2O.C6H13BO2.C6H8N2O/c1-13(2)19-11(16)9(12(17)20-13)7-14-8-4-5-10(18-3)15-6-8;1-14-7-3-2-6-9(13-7)8(11)5(10)4-12-6;1-14-7-3-2-6-8(12-7)9(13)5(10)4-11-6;1-13-8-3-2-7-9(12-8)6(10)4-5-11-7;1-13-8-3-2-6-9(11-8)7(12)4-5-10-6;1-12-9-5-4-7-8(11-9)3-2-6-10-7;1-7-4-5-8-9(11-7)3-2-6-10-8;11-8-4-3-6-7(10-8)2-1-5-9-6;1-5(2)6(3,4)9-7-8-5;1-9-6-3-2-5(7)4-8-6/h4-7,14H,1-3H3;2-4H,1H3;2-4H,1H3,(H,11,13);2-5H,1H3;2-5H,1H3,(H,10,12);2-6H,1H3;2-6H,1H3;1-5H,(H,10,11);7H,1-4H3;2-4H,7H2,1H3/i;;;4D;;2*2D;1D;7D;. The van der Waals surface area contributed by atoms with Gasteiger partial charge in [0.2, 0.25) is 57.6 Å². The van der Waals surface area contributed by atoms with Crippen LogP contribution in [0.1, 0.15) is 52.7 Å². The zero-order chi connectivity index (χ0) is 95.4. The minimum Gasteiger partial charge on any atom is -0.481 e. The average Bonchev–Trinajstić information content (AvgIpc) is 1.08. The second kappa shape index (κ2) is 45.9. The van der Waals surface area contributed by atoms with Crippen LogP contribution in [0.3, 0.4) is 0 Å². The maximum absolute atomic E-state index is 11.7. The summed E-state index contributed by atoms with van der Waals surface area (Å²) in [5.74, 6) is 0.745. The number of halogens is 4. The Labute approximate surface area is 755 Å². The summed E-state index contributed by atoms with van der Waals surface area (Å²) >= 11 is 18.4. The van der Waals surface area contributed by atoms with Crippen molar-refractivity contribution in [2.24, 2.45) is 0 Å². The number of nitrogens with two attached hydrogens (primary N) is 1. The van der Waals surface area contributed by atoms with Crippen molar-refractivity contribution in [1.29, 1.82) is 1.34 Å². The molecule has 34 nitrogen and oxygen atoms in total. The van der Waals surface area contributed by atoms with Crippen LogP contribution in [0.15, 0.2) is 249 Å². The van der Waals surface area contributed by atoms with Crippen molar-refractivity contribution in [2.75, 3.05) is 60.8 Å². The molecule has 0 amide bonds. The number of pyridine rings is 16.